The number of nitrogens with two attached hydrogens (primary N) is 1. The van der Waals surface area contributed by atoms with Gasteiger partial charge in [0.25, 0.3) is 5.91 Å². The lowest BCUT2D eigenvalue weighted by atomic mass is 10.0. The first-order valence-electron chi connectivity index (χ1n) is 6.66. The lowest BCUT2D eigenvalue weighted by molar-refractivity contribution is 0.0924. The van der Waals surface area contributed by atoms with E-state index >= 15 is 0 Å². The molecule has 0 aliphatic carbocycles. The number of carbonyl (C=O) groups is 1. The van der Waals surface area contributed by atoms with Crippen molar-refractivity contribution in [2.45, 2.75) is 26.3 Å². The highest BCUT2D eigenvalue weighted by Crippen LogP contribution is 2.12. The highest BCUT2D eigenvalue weighted by molar-refractivity contribution is 5.98. The molecule has 20 heavy (non-hydrogen) atoms. The van der Waals surface area contributed by atoms with Gasteiger partial charge in [0, 0.05) is 12.6 Å². The molecule has 0 saturated heterocycles. The molecule has 0 aliphatic rings. The Morgan fingerprint density at radius 1 is 1.50 bits per heavy atom. The first kappa shape index (κ1) is 16.4. The number of hydrogen-bond acceptors (Lipinski definition) is 4. The molecule has 3 N–H and O–H groups in total. The molecule has 0 aliphatic heterocycles. The van der Waals surface area contributed by atoms with Crippen LogP contribution in [0.5, 0.6) is 0 Å². The van der Waals surface area contributed by atoms with Crippen LogP contribution in [0.1, 0.15) is 30.6 Å². The van der Waals surface area contributed by atoms with Gasteiger partial charge in [-0.1, -0.05) is 13.8 Å². The normalized spacial score (nSPS) is 12.8. The number of nitrogens with one attached hydrogen (secondary N) is 1. The van der Waals surface area contributed by atoms with E-state index in [1.807, 2.05) is 19.0 Å². The number of anilines is 1. The molecule has 1 atom stereocenters. The number of carbonyl (C=O) groups excluding carboxylic acids is 1. The van der Waals surface area contributed by atoms with Gasteiger partial charge in [-0.05, 0) is 32.5 Å². The summed E-state index contributed by atoms with van der Waals surface area (Å²) in [6.07, 6.45) is 1.84. The summed E-state index contributed by atoms with van der Waals surface area (Å²) in [6.45, 7) is 4.90. The van der Waals surface area contributed by atoms with Crippen LogP contribution in [0.15, 0.2) is 12.3 Å². The fourth-order valence-electron chi connectivity index (χ4n) is 2.08. The standard InChI is InChI=1S/C14H23FN4O/c1-9(2)5-11(8-19(3)4)18-14(20)12-6-10(15)7-17-13(12)16/h6-7,9,11H,5,8H2,1-4H3,(H2,16,17)(H,18,20). The van der Waals surface area contributed by atoms with E-state index in [4.69, 9.17) is 5.73 Å². The van der Waals surface area contributed by atoms with Crippen LogP contribution in [0, 0.1) is 11.7 Å². The van der Waals surface area contributed by atoms with Crippen molar-refractivity contribution in [2.24, 2.45) is 5.92 Å². The Hall–Kier alpha value is -1.69. The van der Waals surface area contributed by atoms with Crippen molar-refractivity contribution in [2.75, 3.05) is 26.4 Å². The zero-order valence-corrected chi connectivity index (χ0v) is 12.5. The number of rotatable bonds is 6. The van der Waals surface area contributed by atoms with Crippen molar-refractivity contribution in [1.29, 1.82) is 0 Å². The summed E-state index contributed by atoms with van der Waals surface area (Å²) in [5.41, 5.74) is 5.70. The summed E-state index contributed by atoms with van der Waals surface area (Å²) in [4.78, 5) is 17.8. The Balaban J connectivity index is 2.81. The van der Waals surface area contributed by atoms with Crippen LogP contribution < -0.4 is 11.1 Å². The van der Waals surface area contributed by atoms with E-state index in [0.29, 0.717) is 12.5 Å². The van der Waals surface area contributed by atoms with Gasteiger partial charge in [0.05, 0.1) is 11.8 Å². The van der Waals surface area contributed by atoms with E-state index in [2.05, 4.69) is 24.1 Å². The topological polar surface area (TPSA) is 71.2 Å². The lowest BCUT2D eigenvalue weighted by Crippen LogP contribution is -2.42. The number of likely N-dealkylation sites (N-methyl/N-ethyl adjacent to an activating group) is 1. The van der Waals surface area contributed by atoms with E-state index in [9.17, 15) is 9.18 Å². The maximum atomic E-state index is 13.2. The van der Waals surface area contributed by atoms with Crippen molar-refractivity contribution in [3.8, 4) is 0 Å². The van der Waals surface area contributed by atoms with Gasteiger partial charge in [-0.3, -0.25) is 4.79 Å². The van der Waals surface area contributed by atoms with Gasteiger partial charge in [0.2, 0.25) is 0 Å². The third kappa shape index (κ3) is 5.13. The first-order chi connectivity index (χ1) is 9.29. The summed E-state index contributed by atoms with van der Waals surface area (Å²) in [6, 6.07) is 1.10. The quantitative estimate of drug-likeness (QED) is 0.829. The van der Waals surface area contributed by atoms with Crippen molar-refractivity contribution in [3.63, 3.8) is 0 Å². The summed E-state index contributed by atoms with van der Waals surface area (Å²) >= 11 is 0. The second-order valence-corrected chi connectivity index (χ2v) is 5.65. The number of halogens is 1. The largest absolute Gasteiger partial charge is 0.383 e. The van der Waals surface area contributed by atoms with Crippen LogP contribution in [0.2, 0.25) is 0 Å². The van der Waals surface area contributed by atoms with Gasteiger partial charge in [0.1, 0.15) is 11.6 Å². The zero-order valence-electron chi connectivity index (χ0n) is 12.5. The van der Waals surface area contributed by atoms with Crippen LogP contribution >= 0.6 is 0 Å². The average molecular weight is 282 g/mol. The van der Waals surface area contributed by atoms with Crippen LogP contribution in [0.25, 0.3) is 0 Å². The Morgan fingerprint density at radius 3 is 2.70 bits per heavy atom. The second kappa shape index (κ2) is 7.19. The molecule has 1 heterocycles. The molecule has 0 saturated carbocycles. The van der Waals surface area contributed by atoms with Gasteiger partial charge < -0.3 is 16.0 Å². The monoisotopic (exact) mass is 282 g/mol. The van der Waals surface area contributed by atoms with Crippen molar-refractivity contribution in [1.82, 2.24) is 15.2 Å². The van der Waals surface area contributed by atoms with Gasteiger partial charge >= 0.3 is 0 Å². The maximum absolute atomic E-state index is 13.2. The van der Waals surface area contributed by atoms with Crippen molar-refractivity contribution in [3.05, 3.63) is 23.6 Å². The molecule has 1 aromatic heterocycles. The van der Waals surface area contributed by atoms with Gasteiger partial charge in [-0.25, -0.2) is 9.37 Å². The molecule has 1 rings (SSSR count). The molecule has 112 valence electrons. The lowest BCUT2D eigenvalue weighted by Gasteiger charge is -2.24. The Labute approximate surface area is 119 Å². The molecule has 0 aromatic carbocycles. The summed E-state index contributed by atoms with van der Waals surface area (Å²) < 4.78 is 13.2. The average Bonchev–Trinajstić information content (AvgIpc) is 2.30. The highest BCUT2D eigenvalue weighted by Gasteiger charge is 2.18. The molecule has 0 spiro atoms. The van der Waals surface area contributed by atoms with Gasteiger partial charge in [-0.2, -0.15) is 0 Å². The molecule has 1 unspecified atom stereocenters. The number of aromatic nitrogens is 1. The summed E-state index contributed by atoms with van der Waals surface area (Å²) in [5, 5.41) is 2.90. The number of pyridine rings is 1. The van der Waals surface area contributed by atoms with E-state index in [0.717, 1.165) is 18.7 Å². The first-order valence-corrected chi connectivity index (χ1v) is 6.66. The smallest absolute Gasteiger partial charge is 0.255 e. The predicted octanol–water partition coefficient (Wildman–Crippen LogP) is 1.51. The SMILES string of the molecule is CC(C)CC(CN(C)C)NC(=O)c1cc(F)cnc1N. The number of hydrogen-bond donors (Lipinski definition) is 2. The molecule has 0 fully saturated rings. The summed E-state index contributed by atoms with van der Waals surface area (Å²) in [7, 11) is 3.88. The molecule has 6 heteroatoms. The molecule has 5 nitrogen and oxygen atoms in total. The molecule has 0 bridgehead atoms. The molecule has 1 aromatic rings. The predicted molar refractivity (Wildman–Crippen MR) is 77.9 cm³/mol. The Morgan fingerprint density at radius 2 is 2.15 bits per heavy atom. The van der Waals surface area contributed by atoms with Gasteiger partial charge in [-0.15, -0.1) is 0 Å². The van der Waals surface area contributed by atoms with Crippen LogP contribution in [0.4, 0.5) is 10.2 Å². The van der Waals surface area contributed by atoms with Crippen molar-refractivity contribution >= 4 is 11.7 Å². The number of nitrogens with zero attached hydrogens (tertiary/aromatic N) is 2. The number of nitrogen functional groups attached to an aromatic ring is 1. The third-order valence-corrected chi connectivity index (χ3v) is 2.81. The van der Waals surface area contributed by atoms with Crippen molar-refractivity contribution < 1.29 is 9.18 Å². The van der Waals surface area contributed by atoms with E-state index in [-0.39, 0.29) is 23.3 Å². The fraction of sp³-hybridized carbons (Fsp3) is 0.571. The summed E-state index contributed by atoms with van der Waals surface area (Å²) in [5.74, 6) is -0.473. The molecular weight excluding hydrogens is 259 g/mol. The minimum atomic E-state index is -0.572. The van der Waals surface area contributed by atoms with Gasteiger partial charge in [0.15, 0.2) is 0 Å². The molecule has 1 amide bonds. The maximum Gasteiger partial charge on any atom is 0.255 e. The number of amides is 1. The minimum Gasteiger partial charge on any atom is -0.383 e. The third-order valence-electron chi connectivity index (χ3n) is 2.81. The van der Waals surface area contributed by atoms with E-state index in [1.54, 1.807) is 0 Å². The fourth-order valence-corrected chi connectivity index (χ4v) is 2.08. The second-order valence-electron chi connectivity index (χ2n) is 5.65. The van der Waals surface area contributed by atoms with E-state index < -0.39 is 5.82 Å². The van der Waals surface area contributed by atoms with E-state index in [1.165, 1.54) is 0 Å². The van der Waals surface area contributed by atoms with Crippen LogP contribution in [-0.2, 0) is 0 Å². The molecular formula is C14H23FN4O. The molecule has 0 radical (unpaired) electrons. The zero-order chi connectivity index (χ0) is 15.3. The Kier molecular flexibility index (Phi) is 5.88. The minimum absolute atomic E-state index is 0.0137. The highest BCUT2D eigenvalue weighted by atomic mass is 19.1. The Bertz CT molecular complexity index is 452. The van der Waals surface area contributed by atoms with Crippen LogP contribution in [-0.4, -0.2) is 42.5 Å². The van der Waals surface area contributed by atoms with Crippen LogP contribution in [0.3, 0.4) is 0 Å².